The van der Waals surface area contributed by atoms with Crippen molar-refractivity contribution >= 4 is 23.0 Å². The van der Waals surface area contributed by atoms with Crippen molar-refractivity contribution in [2.45, 2.75) is 19.8 Å². The molecule has 1 heterocycles. The highest BCUT2D eigenvalue weighted by Crippen LogP contribution is 2.21. The van der Waals surface area contributed by atoms with Crippen molar-refractivity contribution in [1.82, 2.24) is 10.4 Å². The third kappa shape index (κ3) is 5.49. The van der Waals surface area contributed by atoms with Crippen LogP contribution in [0.15, 0.2) is 65.1 Å². The fraction of sp³-hybridized carbons (Fsp3) is 0.190. The van der Waals surface area contributed by atoms with E-state index in [4.69, 9.17) is 4.74 Å². The fourth-order valence-electron chi connectivity index (χ4n) is 2.55. The molecule has 138 valence electrons. The molecule has 0 aliphatic carbocycles. The van der Waals surface area contributed by atoms with Gasteiger partial charge in [-0.25, -0.2) is 10.4 Å². The second-order valence-corrected chi connectivity index (χ2v) is 7.02. The highest BCUT2D eigenvalue weighted by molar-refractivity contribution is 7.10. The number of carbonyl (C=O) groups excluding carboxylic acids is 1. The number of aromatic nitrogens is 1. The minimum Gasteiger partial charge on any atom is -0.497 e. The lowest BCUT2D eigenvalue weighted by Crippen LogP contribution is -2.21. The van der Waals surface area contributed by atoms with Crippen LogP contribution in [0.4, 0.5) is 0 Å². The molecule has 0 saturated carbocycles. The number of nitrogens with one attached hydrogen (secondary N) is 1. The number of methoxy groups -OCH3 is 1. The summed E-state index contributed by atoms with van der Waals surface area (Å²) in [5, 5.41) is 6.93. The Bertz CT molecular complexity index is 918. The highest BCUT2D eigenvalue weighted by Gasteiger charge is 2.09. The molecule has 0 unspecified atom stereocenters. The van der Waals surface area contributed by atoms with Crippen molar-refractivity contribution in [3.8, 4) is 17.0 Å². The van der Waals surface area contributed by atoms with E-state index in [2.05, 4.69) is 15.5 Å². The second kappa shape index (κ2) is 9.09. The molecule has 1 N–H and O–H groups in total. The van der Waals surface area contributed by atoms with Crippen molar-refractivity contribution in [3.63, 3.8) is 0 Å². The number of ether oxygens (including phenoxy) is 1. The van der Waals surface area contributed by atoms with Crippen LogP contribution in [0.5, 0.6) is 5.75 Å². The third-order valence-electron chi connectivity index (χ3n) is 3.92. The Kier molecular flexibility index (Phi) is 6.33. The van der Waals surface area contributed by atoms with Crippen molar-refractivity contribution in [1.29, 1.82) is 0 Å². The predicted molar refractivity (Wildman–Crippen MR) is 109 cm³/mol. The van der Waals surface area contributed by atoms with Gasteiger partial charge in [0.2, 0.25) is 5.91 Å². The van der Waals surface area contributed by atoms with Gasteiger partial charge in [0.05, 0.1) is 19.2 Å². The normalized spacial score (nSPS) is 11.3. The van der Waals surface area contributed by atoms with E-state index >= 15 is 0 Å². The first kappa shape index (κ1) is 18.8. The fourth-order valence-corrected chi connectivity index (χ4v) is 3.35. The number of hydrogen-bond donors (Lipinski definition) is 1. The summed E-state index contributed by atoms with van der Waals surface area (Å²) in [5.41, 5.74) is 6.50. The zero-order valence-electron chi connectivity index (χ0n) is 15.3. The molecule has 1 aromatic heterocycles. The van der Waals surface area contributed by atoms with Crippen molar-refractivity contribution in [3.05, 3.63) is 70.5 Å². The molecule has 0 saturated heterocycles. The van der Waals surface area contributed by atoms with Crippen LogP contribution < -0.4 is 10.2 Å². The molecule has 0 aliphatic rings. The second-order valence-electron chi connectivity index (χ2n) is 6.08. The Hall–Kier alpha value is -2.99. The maximum Gasteiger partial charge on any atom is 0.246 e. The Morgan fingerprint density at radius 3 is 2.56 bits per heavy atom. The molecule has 27 heavy (non-hydrogen) atoms. The van der Waals surface area contributed by atoms with Crippen molar-refractivity contribution in [2.24, 2.45) is 5.10 Å². The summed E-state index contributed by atoms with van der Waals surface area (Å²) >= 11 is 1.48. The van der Waals surface area contributed by atoms with Gasteiger partial charge in [0.1, 0.15) is 10.8 Å². The highest BCUT2D eigenvalue weighted by atomic mass is 32.1. The Labute approximate surface area is 162 Å². The molecule has 0 radical (unpaired) electrons. The van der Waals surface area contributed by atoms with Gasteiger partial charge in [-0.15, -0.1) is 11.3 Å². The number of hydrazone groups is 1. The van der Waals surface area contributed by atoms with E-state index in [1.54, 1.807) is 7.11 Å². The molecule has 3 rings (SSSR count). The average molecular weight is 379 g/mol. The molecule has 0 atom stereocenters. The number of hydrogen-bond acceptors (Lipinski definition) is 5. The molecule has 0 spiro atoms. The summed E-state index contributed by atoms with van der Waals surface area (Å²) in [6, 6.07) is 17.7. The zero-order valence-corrected chi connectivity index (χ0v) is 16.1. The maximum absolute atomic E-state index is 12.1. The van der Waals surface area contributed by atoms with Crippen LogP contribution in [-0.4, -0.2) is 23.7 Å². The van der Waals surface area contributed by atoms with Gasteiger partial charge in [-0.1, -0.05) is 42.5 Å². The van der Waals surface area contributed by atoms with E-state index in [0.29, 0.717) is 6.42 Å². The number of carbonyl (C=O) groups is 1. The van der Waals surface area contributed by atoms with Crippen LogP contribution in [0.25, 0.3) is 11.3 Å². The van der Waals surface area contributed by atoms with Gasteiger partial charge in [-0.3, -0.25) is 4.79 Å². The van der Waals surface area contributed by atoms with Crippen LogP contribution in [0, 0.1) is 0 Å². The van der Waals surface area contributed by atoms with Gasteiger partial charge in [-0.05, 0) is 24.6 Å². The Balaban J connectivity index is 1.52. The largest absolute Gasteiger partial charge is 0.497 e. The third-order valence-corrected chi connectivity index (χ3v) is 4.77. The first-order chi connectivity index (χ1) is 13.1. The molecule has 2 aromatic carbocycles. The number of rotatable bonds is 7. The van der Waals surface area contributed by atoms with Gasteiger partial charge >= 0.3 is 0 Å². The van der Waals surface area contributed by atoms with Crippen LogP contribution in [0.2, 0.25) is 0 Å². The number of thiazole rings is 1. The van der Waals surface area contributed by atoms with Gasteiger partial charge in [0.25, 0.3) is 0 Å². The molecule has 0 fully saturated rings. The first-order valence-electron chi connectivity index (χ1n) is 8.59. The van der Waals surface area contributed by atoms with E-state index in [1.165, 1.54) is 11.3 Å². The first-order valence-corrected chi connectivity index (χ1v) is 9.47. The minimum absolute atomic E-state index is 0.168. The van der Waals surface area contributed by atoms with Gasteiger partial charge in [0.15, 0.2) is 0 Å². The van der Waals surface area contributed by atoms with Crippen LogP contribution in [0.3, 0.4) is 0 Å². The van der Waals surface area contributed by atoms with E-state index in [1.807, 2.05) is 66.9 Å². The zero-order chi connectivity index (χ0) is 19.1. The molecule has 6 heteroatoms. The molecule has 1 amide bonds. The molecule has 3 aromatic rings. The average Bonchev–Trinajstić information content (AvgIpc) is 3.16. The maximum atomic E-state index is 12.1. The molecular weight excluding hydrogens is 358 g/mol. The summed E-state index contributed by atoms with van der Waals surface area (Å²) in [7, 11) is 1.64. The van der Waals surface area contributed by atoms with Crippen molar-refractivity contribution < 1.29 is 9.53 Å². The summed E-state index contributed by atoms with van der Waals surface area (Å²) < 4.78 is 5.15. The van der Waals surface area contributed by atoms with Gasteiger partial charge < -0.3 is 4.74 Å². The SMILES string of the molecule is COc1ccc(C/C(C)=N\NC(=O)Cc2nc(-c3ccccc3)cs2)cc1. The topological polar surface area (TPSA) is 63.6 Å². The van der Waals surface area contributed by atoms with Crippen LogP contribution in [-0.2, 0) is 17.6 Å². The van der Waals surface area contributed by atoms with E-state index in [0.717, 1.165) is 33.3 Å². The van der Waals surface area contributed by atoms with Crippen molar-refractivity contribution in [2.75, 3.05) is 7.11 Å². The summed E-state index contributed by atoms with van der Waals surface area (Å²) in [4.78, 5) is 16.7. The standard InChI is InChI=1S/C21H21N3O2S/c1-15(12-16-8-10-18(26-2)11-9-16)23-24-20(25)13-21-22-19(14-27-21)17-6-4-3-5-7-17/h3-11,14H,12-13H2,1-2H3,(H,24,25)/b23-15-. The summed E-state index contributed by atoms with van der Waals surface area (Å²) in [6.07, 6.45) is 0.885. The predicted octanol–water partition coefficient (Wildman–Crippen LogP) is 4.10. The lowest BCUT2D eigenvalue weighted by atomic mass is 10.1. The van der Waals surface area contributed by atoms with E-state index < -0.39 is 0 Å². The Morgan fingerprint density at radius 1 is 1.11 bits per heavy atom. The summed E-state index contributed by atoms with van der Waals surface area (Å²) in [6.45, 7) is 1.89. The number of nitrogens with zero attached hydrogens (tertiary/aromatic N) is 2. The molecule has 5 nitrogen and oxygen atoms in total. The number of benzene rings is 2. The number of amides is 1. The quantitative estimate of drug-likeness (QED) is 0.497. The summed E-state index contributed by atoms with van der Waals surface area (Å²) in [5.74, 6) is 0.651. The van der Waals surface area contributed by atoms with E-state index in [9.17, 15) is 4.79 Å². The smallest absolute Gasteiger partial charge is 0.246 e. The molecular formula is C21H21N3O2S. The van der Waals surface area contributed by atoms with Crippen LogP contribution >= 0.6 is 11.3 Å². The lowest BCUT2D eigenvalue weighted by molar-refractivity contribution is -0.120. The van der Waals surface area contributed by atoms with Gasteiger partial charge in [0, 0.05) is 23.1 Å². The Morgan fingerprint density at radius 2 is 1.85 bits per heavy atom. The minimum atomic E-state index is -0.168. The molecule has 0 bridgehead atoms. The lowest BCUT2D eigenvalue weighted by Gasteiger charge is -2.04. The van der Waals surface area contributed by atoms with Gasteiger partial charge in [-0.2, -0.15) is 5.10 Å². The monoisotopic (exact) mass is 379 g/mol. The van der Waals surface area contributed by atoms with Crippen LogP contribution in [0.1, 0.15) is 17.5 Å². The molecule has 0 aliphatic heterocycles. The van der Waals surface area contributed by atoms with E-state index in [-0.39, 0.29) is 12.3 Å².